The summed E-state index contributed by atoms with van der Waals surface area (Å²) in [5, 5.41) is 7.46. The van der Waals surface area contributed by atoms with Crippen LogP contribution in [-0.4, -0.2) is 4.57 Å². The van der Waals surface area contributed by atoms with E-state index in [1.807, 2.05) is 0 Å². The molecule has 2 aromatic heterocycles. The molecule has 0 bridgehead atoms. The first kappa shape index (κ1) is 12.0. The zero-order valence-corrected chi connectivity index (χ0v) is 12.7. The Labute approximate surface area is 132 Å². The fourth-order valence-corrected chi connectivity index (χ4v) is 4.26. The number of rotatable bonds is 1. The van der Waals surface area contributed by atoms with Crippen LogP contribution in [0.1, 0.15) is 0 Å². The molecule has 5 aromatic rings. The molecule has 0 saturated heterocycles. The highest BCUT2D eigenvalue weighted by atomic mass is 32.1. The molecule has 0 unspecified atom stereocenters. The lowest BCUT2D eigenvalue weighted by Gasteiger charge is -2.08. The fourth-order valence-electron chi connectivity index (χ4n) is 3.32. The van der Waals surface area contributed by atoms with Crippen LogP contribution in [0.2, 0.25) is 0 Å². The van der Waals surface area contributed by atoms with Gasteiger partial charge in [-0.1, -0.05) is 54.6 Å². The van der Waals surface area contributed by atoms with Crippen LogP contribution in [-0.2, 0) is 0 Å². The van der Waals surface area contributed by atoms with E-state index in [0.717, 1.165) is 0 Å². The lowest BCUT2D eigenvalue weighted by atomic mass is 10.1. The van der Waals surface area contributed by atoms with E-state index in [4.69, 9.17) is 0 Å². The lowest BCUT2D eigenvalue weighted by Crippen LogP contribution is -1.92. The molecule has 0 fully saturated rings. The molecule has 0 N–H and O–H groups in total. The molecule has 0 aliphatic heterocycles. The average Bonchev–Trinajstić information content (AvgIpc) is 3.16. The smallest absolute Gasteiger partial charge is 0.108 e. The summed E-state index contributed by atoms with van der Waals surface area (Å²) in [4.78, 5) is 1.32. The first-order valence-electron chi connectivity index (χ1n) is 7.38. The number of benzene rings is 3. The van der Waals surface area contributed by atoms with Gasteiger partial charge < -0.3 is 4.57 Å². The predicted octanol–water partition coefficient (Wildman–Crippen LogP) is 6.00. The van der Waals surface area contributed by atoms with E-state index in [1.165, 1.54) is 37.6 Å². The summed E-state index contributed by atoms with van der Waals surface area (Å²) in [7, 11) is 0. The maximum Gasteiger partial charge on any atom is 0.108 e. The molecule has 2 heteroatoms. The molecule has 3 aromatic carbocycles. The average molecular weight is 299 g/mol. The second-order valence-corrected chi connectivity index (χ2v) is 6.39. The van der Waals surface area contributed by atoms with E-state index < -0.39 is 0 Å². The Morgan fingerprint density at radius 1 is 0.636 bits per heavy atom. The van der Waals surface area contributed by atoms with Gasteiger partial charge in [0, 0.05) is 21.8 Å². The van der Waals surface area contributed by atoms with E-state index in [-0.39, 0.29) is 0 Å². The van der Waals surface area contributed by atoms with Crippen molar-refractivity contribution in [1.82, 2.24) is 4.57 Å². The largest absolute Gasteiger partial charge is 0.300 e. The van der Waals surface area contributed by atoms with Gasteiger partial charge in [0.2, 0.25) is 0 Å². The second-order valence-electron chi connectivity index (χ2n) is 5.49. The highest BCUT2D eigenvalue weighted by Crippen LogP contribution is 2.38. The van der Waals surface area contributed by atoms with Crippen LogP contribution in [0.15, 0.2) is 78.2 Å². The maximum atomic E-state index is 2.40. The summed E-state index contributed by atoms with van der Waals surface area (Å²) in [6.45, 7) is 0. The normalized spacial score (nSPS) is 11.6. The quantitative estimate of drug-likeness (QED) is 0.358. The summed E-state index contributed by atoms with van der Waals surface area (Å²) in [5.41, 5.74) is 2.53. The van der Waals surface area contributed by atoms with Crippen molar-refractivity contribution < 1.29 is 0 Å². The molecule has 0 aliphatic carbocycles. The number of thiophene rings is 1. The summed E-state index contributed by atoms with van der Waals surface area (Å²) in [6, 6.07) is 26.0. The fraction of sp³-hybridized carbons (Fsp3) is 0. The summed E-state index contributed by atoms with van der Waals surface area (Å²) in [5.74, 6) is 0. The molecular weight excluding hydrogens is 286 g/mol. The molecule has 0 saturated carbocycles. The first-order chi connectivity index (χ1) is 10.9. The highest BCUT2D eigenvalue weighted by molar-refractivity contribution is 7.17. The van der Waals surface area contributed by atoms with Crippen molar-refractivity contribution in [3.8, 4) is 5.69 Å². The molecular formula is C20H13NS. The van der Waals surface area contributed by atoms with Crippen LogP contribution in [0.25, 0.3) is 37.6 Å². The number of nitrogens with zero attached hydrogens (tertiary/aromatic N) is 1. The van der Waals surface area contributed by atoms with Crippen molar-refractivity contribution in [1.29, 1.82) is 0 Å². The third-order valence-corrected chi connectivity index (χ3v) is 5.17. The van der Waals surface area contributed by atoms with Gasteiger partial charge in [-0.25, -0.2) is 0 Å². The van der Waals surface area contributed by atoms with Crippen molar-refractivity contribution in [2.24, 2.45) is 0 Å². The molecule has 0 radical (unpaired) electrons. The third-order valence-electron chi connectivity index (χ3n) is 4.28. The van der Waals surface area contributed by atoms with E-state index in [0.29, 0.717) is 0 Å². The van der Waals surface area contributed by atoms with E-state index >= 15 is 0 Å². The van der Waals surface area contributed by atoms with Gasteiger partial charge in [0.1, 0.15) is 4.83 Å². The van der Waals surface area contributed by atoms with Crippen LogP contribution in [0, 0.1) is 0 Å². The number of hydrogen-bond acceptors (Lipinski definition) is 1. The van der Waals surface area contributed by atoms with Gasteiger partial charge in [-0.05, 0) is 29.0 Å². The molecule has 0 aliphatic rings. The zero-order valence-electron chi connectivity index (χ0n) is 11.9. The van der Waals surface area contributed by atoms with Crippen molar-refractivity contribution in [3.63, 3.8) is 0 Å². The Bertz CT molecular complexity index is 1110. The SMILES string of the molecule is c1ccc(-n2c3sccc3c3ccc4ccccc4c32)cc1. The topological polar surface area (TPSA) is 4.93 Å². The van der Waals surface area contributed by atoms with E-state index in [2.05, 4.69) is 82.7 Å². The lowest BCUT2D eigenvalue weighted by molar-refractivity contribution is 1.20. The molecule has 0 spiro atoms. The summed E-state index contributed by atoms with van der Waals surface area (Å²) < 4.78 is 2.40. The minimum Gasteiger partial charge on any atom is -0.300 e. The Kier molecular flexibility index (Phi) is 2.43. The molecule has 104 valence electrons. The van der Waals surface area contributed by atoms with Gasteiger partial charge in [0.15, 0.2) is 0 Å². The minimum absolute atomic E-state index is 1.22. The number of para-hydroxylation sites is 1. The molecule has 5 rings (SSSR count). The molecule has 1 nitrogen and oxygen atoms in total. The Morgan fingerprint density at radius 2 is 1.45 bits per heavy atom. The van der Waals surface area contributed by atoms with Gasteiger partial charge in [-0.2, -0.15) is 0 Å². The van der Waals surface area contributed by atoms with Crippen molar-refractivity contribution in [2.75, 3.05) is 0 Å². The Morgan fingerprint density at radius 3 is 2.36 bits per heavy atom. The van der Waals surface area contributed by atoms with Crippen LogP contribution >= 0.6 is 11.3 Å². The maximum absolute atomic E-state index is 2.40. The molecule has 0 amide bonds. The zero-order chi connectivity index (χ0) is 14.5. The minimum atomic E-state index is 1.22. The third kappa shape index (κ3) is 1.53. The Balaban J connectivity index is 2.09. The van der Waals surface area contributed by atoms with Crippen molar-refractivity contribution in [3.05, 3.63) is 78.2 Å². The highest BCUT2D eigenvalue weighted by Gasteiger charge is 2.15. The van der Waals surface area contributed by atoms with Crippen LogP contribution in [0.4, 0.5) is 0 Å². The van der Waals surface area contributed by atoms with Crippen LogP contribution in [0.5, 0.6) is 0 Å². The van der Waals surface area contributed by atoms with Crippen LogP contribution < -0.4 is 0 Å². The Hall–Kier alpha value is -2.58. The second kappa shape index (κ2) is 4.46. The number of hydrogen-bond donors (Lipinski definition) is 0. The van der Waals surface area contributed by atoms with E-state index in [1.54, 1.807) is 11.3 Å². The molecule has 0 atom stereocenters. The van der Waals surface area contributed by atoms with Crippen LogP contribution in [0.3, 0.4) is 0 Å². The summed E-state index contributed by atoms with van der Waals surface area (Å²) in [6.07, 6.45) is 0. The summed E-state index contributed by atoms with van der Waals surface area (Å²) >= 11 is 1.81. The first-order valence-corrected chi connectivity index (χ1v) is 8.26. The van der Waals surface area contributed by atoms with Gasteiger partial charge in [0.05, 0.1) is 5.52 Å². The van der Waals surface area contributed by atoms with Gasteiger partial charge in [-0.15, -0.1) is 11.3 Å². The van der Waals surface area contributed by atoms with E-state index in [9.17, 15) is 0 Å². The standard InChI is InChI=1S/C20H13NS/c1-2-7-15(8-3-1)21-19-16-9-5-4-6-14(16)10-11-17(19)18-12-13-22-20(18)21/h1-13H. The molecule has 2 heterocycles. The van der Waals surface area contributed by atoms with Crippen molar-refractivity contribution >= 4 is 43.2 Å². The van der Waals surface area contributed by atoms with Crippen molar-refractivity contribution in [2.45, 2.75) is 0 Å². The number of fused-ring (bicyclic) bond motifs is 5. The predicted molar refractivity (Wildman–Crippen MR) is 96.2 cm³/mol. The monoisotopic (exact) mass is 299 g/mol. The van der Waals surface area contributed by atoms with Gasteiger partial charge in [0.25, 0.3) is 0 Å². The van der Waals surface area contributed by atoms with Gasteiger partial charge >= 0.3 is 0 Å². The molecule has 22 heavy (non-hydrogen) atoms. The number of aromatic nitrogens is 1. The van der Waals surface area contributed by atoms with Gasteiger partial charge in [-0.3, -0.25) is 0 Å².